The SMILES string of the molecule is CC/C=C/C=C/C=C/CCCCCCCCCC(=O)OC(CCCCCCCCC)CC(=O)NC(CO)C(O)CCCCCCCCCCCCCCCC. The molecular formula is C49H91NO5. The molecule has 0 bridgehead atoms. The third-order valence-electron chi connectivity index (χ3n) is 10.8. The zero-order valence-electron chi connectivity index (χ0n) is 36.6. The number of rotatable bonds is 42. The molecule has 1 amide bonds. The Morgan fingerprint density at radius 2 is 0.982 bits per heavy atom. The van der Waals surface area contributed by atoms with Crippen molar-refractivity contribution in [2.75, 3.05) is 6.61 Å². The lowest BCUT2D eigenvalue weighted by Crippen LogP contribution is -2.46. The number of aliphatic hydroxyl groups is 2. The summed E-state index contributed by atoms with van der Waals surface area (Å²) < 4.78 is 5.88. The zero-order chi connectivity index (χ0) is 40.3. The Morgan fingerprint density at radius 1 is 0.545 bits per heavy atom. The minimum Gasteiger partial charge on any atom is -0.462 e. The largest absolute Gasteiger partial charge is 0.462 e. The van der Waals surface area contributed by atoms with Crippen LogP contribution in [0.3, 0.4) is 0 Å². The molecule has 0 aliphatic rings. The summed E-state index contributed by atoms with van der Waals surface area (Å²) >= 11 is 0. The van der Waals surface area contributed by atoms with Crippen LogP contribution in [0.4, 0.5) is 0 Å². The van der Waals surface area contributed by atoms with Gasteiger partial charge in [-0.3, -0.25) is 9.59 Å². The second-order valence-electron chi connectivity index (χ2n) is 16.2. The Labute approximate surface area is 341 Å². The van der Waals surface area contributed by atoms with Crippen molar-refractivity contribution in [3.05, 3.63) is 36.5 Å². The van der Waals surface area contributed by atoms with Gasteiger partial charge in [-0.2, -0.15) is 0 Å². The minimum absolute atomic E-state index is 0.0744. The zero-order valence-corrected chi connectivity index (χ0v) is 36.6. The summed E-state index contributed by atoms with van der Waals surface area (Å²) in [7, 11) is 0. The first kappa shape index (κ1) is 53.1. The fourth-order valence-corrected chi connectivity index (χ4v) is 7.19. The van der Waals surface area contributed by atoms with Gasteiger partial charge in [-0.15, -0.1) is 0 Å². The van der Waals surface area contributed by atoms with Crippen LogP contribution >= 0.6 is 0 Å². The molecule has 3 N–H and O–H groups in total. The molecule has 6 nitrogen and oxygen atoms in total. The number of allylic oxidation sites excluding steroid dienone is 6. The Hall–Kier alpha value is -1.92. The standard InChI is InChI=1S/C49H91NO5/c1-4-7-10-13-16-18-20-22-24-26-28-30-33-36-39-42-49(54)55-45(40-37-34-31-15-12-9-6-3)43-48(53)50-46(44-51)47(52)41-38-35-32-29-27-25-23-21-19-17-14-11-8-5-2/h7,10,13,16,18,20,45-47,51-52H,4-6,8-9,11-12,14-15,17,19,21-44H2,1-3H3,(H,50,53)/b10-7+,16-13+,20-18+. The maximum absolute atomic E-state index is 13.1. The van der Waals surface area contributed by atoms with Gasteiger partial charge in [0.1, 0.15) is 6.10 Å². The smallest absolute Gasteiger partial charge is 0.306 e. The lowest BCUT2D eigenvalue weighted by atomic mass is 10.0. The van der Waals surface area contributed by atoms with Crippen LogP contribution in [0.25, 0.3) is 0 Å². The number of amides is 1. The quantitative estimate of drug-likeness (QED) is 0.0326. The maximum atomic E-state index is 13.1. The van der Waals surface area contributed by atoms with Gasteiger partial charge in [-0.25, -0.2) is 0 Å². The van der Waals surface area contributed by atoms with Gasteiger partial charge in [0.15, 0.2) is 0 Å². The first-order valence-electron chi connectivity index (χ1n) is 23.7. The van der Waals surface area contributed by atoms with E-state index in [1.54, 1.807) is 0 Å². The lowest BCUT2D eigenvalue weighted by molar-refractivity contribution is -0.151. The molecule has 0 radical (unpaired) electrons. The van der Waals surface area contributed by atoms with Gasteiger partial charge >= 0.3 is 5.97 Å². The molecule has 0 aromatic rings. The van der Waals surface area contributed by atoms with E-state index in [0.29, 0.717) is 19.3 Å². The van der Waals surface area contributed by atoms with E-state index in [9.17, 15) is 19.8 Å². The van der Waals surface area contributed by atoms with Crippen LogP contribution in [0.15, 0.2) is 36.5 Å². The van der Waals surface area contributed by atoms with Gasteiger partial charge in [0, 0.05) is 6.42 Å². The normalized spacial score (nSPS) is 13.6. The Morgan fingerprint density at radius 3 is 1.47 bits per heavy atom. The van der Waals surface area contributed by atoms with Crippen molar-refractivity contribution in [2.45, 2.75) is 257 Å². The third kappa shape index (κ3) is 38.7. The lowest BCUT2D eigenvalue weighted by Gasteiger charge is -2.24. The molecule has 0 aromatic carbocycles. The van der Waals surface area contributed by atoms with Crippen LogP contribution < -0.4 is 5.32 Å². The van der Waals surface area contributed by atoms with Crippen LogP contribution in [0.1, 0.15) is 239 Å². The average molecular weight is 774 g/mol. The Balaban J connectivity index is 4.40. The Bertz CT molecular complexity index is 915. The highest BCUT2D eigenvalue weighted by molar-refractivity contribution is 5.77. The average Bonchev–Trinajstić information content (AvgIpc) is 3.18. The molecule has 0 rings (SSSR count). The van der Waals surface area contributed by atoms with E-state index in [-0.39, 0.29) is 24.9 Å². The number of unbranched alkanes of at least 4 members (excludes halogenated alkanes) is 26. The number of esters is 1. The first-order chi connectivity index (χ1) is 27.0. The van der Waals surface area contributed by atoms with Crippen LogP contribution in [0, 0.1) is 0 Å². The van der Waals surface area contributed by atoms with Crippen molar-refractivity contribution >= 4 is 11.9 Å². The van der Waals surface area contributed by atoms with E-state index >= 15 is 0 Å². The van der Waals surface area contributed by atoms with Crippen molar-refractivity contribution in [1.82, 2.24) is 5.32 Å². The van der Waals surface area contributed by atoms with E-state index < -0.39 is 18.2 Å². The molecule has 0 aromatic heterocycles. The van der Waals surface area contributed by atoms with Gasteiger partial charge in [-0.1, -0.05) is 218 Å². The molecular weight excluding hydrogens is 683 g/mol. The van der Waals surface area contributed by atoms with E-state index in [1.807, 2.05) is 0 Å². The first-order valence-corrected chi connectivity index (χ1v) is 23.7. The van der Waals surface area contributed by atoms with E-state index in [4.69, 9.17) is 4.74 Å². The summed E-state index contributed by atoms with van der Waals surface area (Å²) in [6.45, 7) is 6.32. The molecule has 0 spiro atoms. The highest BCUT2D eigenvalue weighted by Crippen LogP contribution is 2.18. The molecule has 322 valence electrons. The molecule has 0 heterocycles. The second kappa shape index (κ2) is 43.2. The monoisotopic (exact) mass is 774 g/mol. The number of hydrogen-bond acceptors (Lipinski definition) is 5. The number of carbonyl (C=O) groups excluding carboxylic acids is 2. The van der Waals surface area contributed by atoms with Crippen molar-refractivity contribution in [3.63, 3.8) is 0 Å². The predicted molar refractivity (Wildman–Crippen MR) is 236 cm³/mol. The van der Waals surface area contributed by atoms with Gasteiger partial charge < -0.3 is 20.3 Å². The van der Waals surface area contributed by atoms with Crippen LogP contribution in [0.2, 0.25) is 0 Å². The molecule has 3 atom stereocenters. The van der Waals surface area contributed by atoms with E-state index in [0.717, 1.165) is 64.2 Å². The number of carbonyl (C=O) groups is 2. The van der Waals surface area contributed by atoms with Gasteiger partial charge in [-0.05, 0) is 44.9 Å². The molecule has 0 aliphatic heterocycles. The van der Waals surface area contributed by atoms with Crippen molar-refractivity contribution in [1.29, 1.82) is 0 Å². The summed E-state index contributed by atoms with van der Waals surface area (Å²) in [6, 6.07) is -0.698. The molecule has 3 unspecified atom stereocenters. The van der Waals surface area contributed by atoms with Crippen LogP contribution in [0.5, 0.6) is 0 Å². The summed E-state index contributed by atoms with van der Waals surface area (Å²) in [6.07, 6.45) is 49.3. The van der Waals surface area contributed by atoms with E-state index in [1.165, 1.54) is 128 Å². The molecule has 0 fully saturated rings. The van der Waals surface area contributed by atoms with Crippen LogP contribution in [-0.2, 0) is 14.3 Å². The van der Waals surface area contributed by atoms with Crippen molar-refractivity contribution in [3.8, 4) is 0 Å². The highest BCUT2D eigenvalue weighted by Gasteiger charge is 2.24. The number of nitrogens with one attached hydrogen (secondary N) is 1. The van der Waals surface area contributed by atoms with Gasteiger partial charge in [0.2, 0.25) is 5.91 Å². The predicted octanol–water partition coefficient (Wildman–Crippen LogP) is 13.7. The minimum atomic E-state index is -0.785. The van der Waals surface area contributed by atoms with Crippen LogP contribution in [-0.4, -0.2) is 46.9 Å². The summed E-state index contributed by atoms with van der Waals surface area (Å²) in [4.78, 5) is 25.9. The fraction of sp³-hybridized carbons (Fsp3) is 0.837. The Kier molecular flexibility index (Phi) is 41.7. The maximum Gasteiger partial charge on any atom is 0.306 e. The summed E-state index contributed by atoms with van der Waals surface area (Å²) in [5, 5.41) is 23.6. The fourth-order valence-electron chi connectivity index (χ4n) is 7.19. The molecule has 6 heteroatoms. The second-order valence-corrected chi connectivity index (χ2v) is 16.2. The number of aliphatic hydroxyl groups excluding tert-OH is 2. The summed E-state index contributed by atoms with van der Waals surface area (Å²) in [5.74, 6) is -0.487. The molecule has 0 aliphatic carbocycles. The van der Waals surface area contributed by atoms with Crippen molar-refractivity contribution < 1.29 is 24.5 Å². The molecule has 55 heavy (non-hydrogen) atoms. The summed E-state index contributed by atoms with van der Waals surface area (Å²) in [5.41, 5.74) is 0. The highest BCUT2D eigenvalue weighted by atomic mass is 16.5. The van der Waals surface area contributed by atoms with Gasteiger partial charge in [0.05, 0.1) is 25.2 Å². The number of ether oxygens (including phenoxy) is 1. The van der Waals surface area contributed by atoms with Crippen molar-refractivity contribution in [2.24, 2.45) is 0 Å². The number of hydrogen-bond donors (Lipinski definition) is 3. The molecule has 0 saturated heterocycles. The van der Waals surface area contributed by atoms with Gasteiger partial charge in [0.25, 0.3) is 0 Å². The topological polar surface area (TPSA) is 95.9 Å². The third-order valence-corrected chi connectivity index (χ3v) is 10.8. The molecule has 0 saturated carbocycles. The van der Waals surface area contributed by atoms with E-state index in [2.05, 4.69) is 62.5 Å².